The number of nitrogens with zero attached hydrogens (tertiary/aromatic N) is 1. The fourth-order valence-electron chi connectivity index (χ4n) is 8.92. The van der Waals surface area contributed by atoms with Crippen LogP contribution in [0.25, 0.3) is 0 Å². The van der Waals surface area contributed by atoms with Crippen molar-refractivity contribution in [3.8, 4) is 0 Å². The Balaban J connectivity index is 4.14. The number of hydrogen-bond acceptors (Lipinski definition) is 8. The number of allylic oxidation sites excluding steroid dienone is 12. The third-order valence-corrected chi connectivity index (χ3v) is 13.7. The first kappa shape index (κ1) is 72.7. The fraction of sp³-hybridized carbons (Fsp3) is 0.776. The second kappa shape index (κ2) is 57.9. The van der Waals surface area contributed by atoms with E-state index in [1.54, 1.807) is 0 Å². The summed E-state index contributed by atoms with van der Waals surface area (Å²) in [6, 6.07) is 0. The molecule has 2 unspecified atom stereocenters. The predicted octanol–water partition coefficient (Wildman–Crippen LogP) is 17.6. The van der Waals surface area contributed by atoms with Gasteiger partial charge in [0.1, 0.15) is 13.2 Å². The Hall–Kier alpha value is -3.27. The van der Waals surface area contributed by atoms with Crippen LogP contribution in [-0.2, 0) is 33.3 Å². The van der Waals surface area contributed by atoms with Crippen molar-refractivity contribution >= 4 is 17.9 Å². The van der Waals surface area contributed by atoms with Crippen molar-refractivity contribution in [2.45, 2.75) is 289 Å². The van der Waals surface area contributed by atoms with Crippen LogP contribution in [0.15, 0.2) is 72.9 Å². The second-order valence-corrected chi connectivity index (χ2v) is 22.3. The molecule has 0 heterocycles. The molecule has 0 saturated heterocycles. The molecule has 0 aromatic rings. The molecule has 9 heteroatoms. The van der Waals surface area contributed by atoms with E-state index in [-0.39, 0.29) is 38.6 Å². The molecule has 0 bridgehead atoms. The molecule has 0 aliphatic heterocycles. The monoisotopic (exact) mass is 1070 g/mol. The highest BCUT2D eigenvalue weighted by atomic mass is 16.7. The third-order valence-electron chi connectivity index (χ3n) is 13.7. The van der Waals surface area contributed by atoms with Crippen LogP contribution in [0.1, 0.15) is 277 Å². The van der Waals surface area contributed by atoms with E-state index in [0.717, 1.165) is 57.8 Å². The molecule has 0 rings (SSSR count). The topological polar surface area (TPSA) is 111 Å². The van der Waals surface area contributed by atoms with E-state index in [9.17, 15) is 19.5 Å². The summed E-state index contributed by atoms with van der Waals surface area (Å²) < 4.78 is 22.6. The summed E-state index contributed by atoms with van der Waals surface area (Å²) in [5, 5.41) is 11.8. The number of quaternary nitrogens is 1. The number of esters is 2. The average molecular weight is 1070 g/mol. The van der Waals surface area contributed by atoms with Crippen molar-refractivity contribution in [1.82, 2.24) is 0 Å². The van der Waals surface area contributed by atoms with Gasteiger partial charge in [-0.05, 0) is 51.4 Å². The normalized spacial score (nSPS) is 13.2. The number of unbranched alkanes of at least 4 members (excludes halogenated alkanes) is 31. The van der Waals surface area contributed by atoms with Crippen molar-refractivity contribution in [3.05, 3.63) is 72.9 Å². The maximum atomic E-state index is 12.8. The lowest BCUT2D eigenvalue weighted by atomic mass is 10.0. The molecular formula is C67H119NO8. The van der Waals surface area contributed by atoms with Gasteiger partial charge in [0.25, 0.3) is 0 Å². The summed E-state index contributed by atoms with van der Waals surface area (Å²) in [6.45, 7) is 4.57. The van der Waals surface area contributed by atoms with E-state index in [4.69, 9.17) is 18.9 Å². The predicted molar refractivity (Wildman–Crippen MR) is 320 cm³/mol. The molecule has 2 atom stereocenters. The zero-order valence-corrected chi connectivity index (χ0v) is 50.1. The highest BCUT2D eigenvalue weighted by Crippen LogP contribution is 2.18. The van der Waals surface area contributed by atoms with Gasteiger partial charge in [-0.15, -0.1) is 0 Å². The van der Waals surface area contributed by atoms with E-state index < -0.39 is 24.3 Å². The summed E-state index contributed by atoms with van der Waals surface area (Å²) >= 11 is 0. The highest BCUT2D eigenvalue weighted by Gasteiger charge is 2.21. The fourth-order valence-corrected chi connectivity index (χ4v) is 8.92. The molecule has 0 saturated carbocycles. The number of carboxylic acids is 1. The van der Waals surface area contributed by atoms with E-state index in [1.807, 2.05) is 33.3 Å². The largest absolute Gasteiger partial charge is 0.545 e. The van der Waals surface area contributed by atoms with Crippen LogP contribution in [0.3, 0.4) is 0 Å². The average Bonchev–Trinajstić information content (AvgIpc) is 3.39. The Morgan fingerprint density at radius 3 is 1.09 bits per heavy atom. The van der Waals surface area contributed by atoms with Crippen LogP contribution < -0.4 is 5.11 Å². The molecule has 0 N–H and O–H groups in total. The number of carbonyl (C=O) groups is 3. The van der Waals surface area contributed by atoms with Crippen LogP contribution in [0.2, 0.25) is 0 Å². The third kappa shape index (κ3) is 58.4. The molecular weight excluding hydrogens is 947 g/mol. The zero-order valence-electron chi connectivity index (χ0n) is 50.1. The van der Waals surface area contributed by atoms with Crippen molar-refractivity contribution in [2.24, 2.45) is 0 Å². The van der Waals surface area contributed by atoms with Crippen molar-refractivity contribution in [1.29, 1.82) is 0 Å². The van der Waals surface area contributed by atoms with Crippen LogP contribution >= 0.6 is 0 Å². The van der Waals surface area contributed by atoms with E-state index in [2.05, 4.69) is 74.6 Å². The maximum Gasteiger partial charge on any atom is 0.306 e. The smallest absolute Gasteiger partial charge is 0.306 e. The molecule has 0 aromatic carbocycles. The minimum absolute atomic E-state index is 0.121. The van der Waals surface area contributed by atoms with Gasteiger partial charge in [-0.2, -0.15) is 0 Å². The summed E-state index contributed by atoms with van der Waals surface area (Å²) in [5.74, 6) is -2.39. The molecule has 76 heavy (non-hydrogen) atoms. The maximum absolute atomic E-state index is 12.8. The minimum atomic E-state index is -1.64. The molecule has 0 aliphatic carbocycles. The first-order valence-electron chi connectivity index (χ1n) is 31.6. The molecule has 0 radical (unpaired) electrons. The van der Waals surface area contributed by atoms with E-state index in [0.29, 0.717) is 17.4 Å². The van der Waals surface area contributed by atoms with Gasteiger partial charge in [0.05, 0.1) is 40.3 Å². The molecule has 0 amide bonds. The lowest BCUT2D eigenvalue weighted by Gasteiger charge is -2.26. The first-order chi connectivity index (χ1) is 37.1. The van der Waals surface area contributed by atoms with E-state index >= 15 is 0 Å². The van der Waals surface area contributed by atoms with Crippen LogP contribution in [0.5, 0.6) is 0 Å². The summed E-state index contributed by atoms with van der Waals surface area (Å²) in [5.41, 5.74) is 0. The number of carboxylic acid groups (broad SMARTS) is 1. The van der Waals surface area contributed by atoms with Crippen molar-refractivity contribution in [3.63, 3.8) is 0 Å². The minimum Gasteiger partial charge on any atom is -0.545 e. The first-order valence-corrected chi connectivity index (χ1v) is 31.6. The van der Waals surface area contributed by atoms with Gasteiger partial charge in [-0.25, -0.2) is 0 Å². The highest BCUT2D eigenvalue weighted by molar-refractivity contribution is 5.70. The van der Waals surface area contributed by atoms with Gasteiger partial charge >= 0.3 is 11.9 Å². The number of ether oxygens (including phenoxy) is 4. The van der Waals surface area contributed by atoms with Gasteiger partial charge in [0, 0.05) is 12.8 Å². The SMILES string of the molecule is CC/C=C\C/C=C\C/C=C\C/C=C\C/C=C\C/C=C\CCC(=O)OC(COC(=O)CCCCCCCCCCCCCCCCCCCCCCCCCCCCCCCCCC)COC(OCC[N+](C)(C)C)C(=O)[O-]. The van der Waals surface area contributed by atoms with Crippen molar-refractivity contribution in [2.75, 3.05) is 47.5 Å². The van der Waals surface area contributed by atoms with Crippen molar-refractivity contribution < 1.29 is 42.9 Å². The standard InChI is InChI=1S/C67H119NO8/c1-6-8-10-12-14-16-18-20-22-24-26-27-28-29-30-31-32-33-34-35-36-37-38-40-41-43-45-47-49-51-53-55-57-64(69)74-61-63(62-75-67(66(71)72)73-60-59-68(3,4)5)76-65(70)58-56-54-52-50-48-46-44-42-39-25-23-21-19-17-15-13-11-9-7-2/h9,11,15,17,21,23,39,42,46,48,52,54,63,67H,6-8,10,12-14,16,18-20,22,24-38,40-41,43-45,47,49-51,53,55-62H2,1-5H3/b11-9-,17-15-,23-21-,42-39-,48-46-,54-52-. The molecule has 0 aromatic heterocycles. The molecule has 0 spiro atoms. The van der Waals surface area contributed by atoms with Gasteiger partial charge in [-0.1, -0.05) is 286 Å². The molecule has 9 nitrogen and oxygen atoms in total. The summed E-state index contributed by atoms with van der Waals surface area (Å²) in [7, 11) is 5.90. The Morgan fingerprint density at radius 1 is 0.408 bits per heavy atom. The van der Waals surface area contributed by atoms with Crippen LogP contribution in [0, 0.1) is 0 Å². The molecule has 0 aliphatic rings. The van der Waals surface area contributed by atoms with Gasteiger partial charge in [-0.3, -0.25) is 9.59 Å². The Morgan fingerprint density at radius 2 is 0.750 bits per heavy atom. The van der Waals surface area contributed by atoms with Gasteiger partial charge < -0.3 is 33.3 Å². The number of likely N-dealkylation sites (N-methyl/N-ethyl adjacent to an activating group) is 1. The second-order valence-electron chi connectivity index (χ2n) is 22.3. The number of carbonyl (C=O) groups excluding carboxylic acids is 3. The molecule has 0 fully saturated rings. The number of hydrogen-bond donors (Lipinski definition) is 0. The lowest BCUT2D eigenvalue weighted by Crippen LogP contribution is -2.44. The number of rotatable bonds is 58. The molecule has 440 valence electrons. The van der Waals surface area contributed by atoms with Gasteiger partial charge in [0.15, 0.2) is 12.4 Å². The zero-order chi connectivity index (χ0) is 55.5. The van der Waals surface area contributed by atoms with E-state index in [1.165, 1.54) is 186 Å². The summed E-state index contributed by atoms with van der Waals surface area (Å²) in [6.07, 6.45) is 72.9. The lowest BCUT2D eigenvalue weighted by molar-refractivity contribution is -0.870. The summed E-state index contributed by atoms with van der Waals surface area (Å²) in [4.78, 5) is 37.3. The quantitative estimate of drug-likeness (QED) is 0.0195. The van der Waals surface area contributed by atoms with Crippen LogP contribution in [0.4, 0.5) is 0 Å². The van der Waals surface area contributed by atoms with Gasteiger partial charge in [0.2, 0.25) is 0 Å². The van der Waals surface area contributed by atoms with Crippen LogP contribution in [-0.4, -0.2) is 82.3 Å². The Kier molecular flexibility index (Phi) is 55.4. The Labute approximate surface area is 468 Å². The number of aliphatic carboxylic acids is 1. The Bertz CT molecular complexity index is 1470.